The third-order valence-corrected chi connectivity index (χ3v) is 2.98. The predicted octanol–water partition coefficient (Wildman–Crippen LogP) is -5.16. The van der Waals surface area contributed by atoms with Crippen LogP contribution in [0.15, 0.2) is 0 Å². The van der Waals surface area contributed by atoms with E-state index in [0.717, 1.165) is 0 Å². The maximum atomic E-state index is 8.27. The molecule has 0 bridgehead atoms. The van der Waals surface area contributed by atoms with E-state index in [1.165, 1.54) is 0 Å². The smallest absolute Gasteiger partial charge is 1.00 e. The van der Waals surface area contributed by atoms with Crippen molar-refractivity contribution in [2.45, 2.75) is 0 Å². The Labute approximate surface area is 150 Å². The van der Waals surface area contributed by atoms with E-state index >= 15 is 0 Å². The zero-order chi connectivity index (χ0) is 14.7. The number of nitrogens with zero attached hydrogens (tertiary/aromatic N) is 6. The third-order valence-electron chi connectivity index (χ3n) is 1.76. The van der Waals surface area contributed by atoms with Crippen LogP contribution >= 0.6 is 18.5 Å². The first-order chi connectivity index (χ1) is 8.49. The van der Waals surface area contributed by atoms with Crippen molar-refractivity contribution in [3.8, 4) is 36.4 Å². The number of hydrogen-bond donors (Lipinski definition) is 0. The van der Waals surface area contributed by atoms with E-state index in [4.69, 9.17) is 31.6 Å². The van der Waals surface area contributed by atoms with Crippen molar-refractivity contribution in [2.75, 3.05) is 12.3 Å². The van der Waals surface area contributed by atoms with Gasteiger partial charge in [0, 0.05) is 12.3 Å². The van der Waals surface area contributed by atoms with E-state index in [-0.39, 0.29) is 53.6 Å². The first-order valence-corrected chi connectivity index (χ1v) is 6.00. The Kier molecular flexibility index (Phi) is 25.8. The van der Waals surface area contributed by atoms with Crippen LogP contribution in [0.1, 0.15) is 0 Å². The fourth-order valence-corrected chi connectivity index (χ4v) is 0.972. The normalized spacial score (nSPS) is 7.43. The summed E-state index contributed by atoms with van der Waals surface area (Å²) in [7, 11) is 4.38. The molecule has 0 saturated heterocycles. The topological polar surface area (TPSA) is 143 Å². The van der Waals surface area contributed by atoms with Crippen LogP contribution in [0.4, 0.5) is 0 Å². The number of rotatable bonds is 2. The van der Waals surface area contributed by atoms with Crippen LogP contribution in [-0.4, -0.2) is 12.3 Å². The Morgan fingerprint density at radius 3 is 0.714 bits per heavy atom. The van der Waals surface area contributed by atoms with Gasteiger partial charge in [-0.3, -0.25) is 0 Å². The van der Waals surface area contributed by atoms with E-state index in [1.54, 1.807) is 36.4 Å². The molecule has 112 valence electrons. The van der Waals surface area contributed by atoms with Crippen LogP contribution in [0.25, 0.3) is 0 Å². The molecule has 0 saturated carbocycles. The molecular formula is C10H8Cl2N6NiP2. The Morgan fingerprint density at radius 2 is 0.714 bits per heavy atom. The molecule has 0 aliphatic carbocycles. The van der Waals surface area contributed by atoms with Gasteiger partial charge in [0.05, 0.1) is 0 Å². The zero-order valence-electron chi connectivity index (χ0n) is 10.3. The van der Waals surface area contributed by atoms with Crippen molar-refractivity contribution in [3.63, 3.8) is 0 Å². The Morgan fingerprint density at radius 1 is 0.571 bits per heavy atom. The summed E-state index contributed by atoms with van der Waals surface area (Å²) in [5, 5.41) is 49.6. The van der Waals surface area contributed by atoms with Crippen molar-refractivity contribution < 1.29 is 41.3 Å². The molecule has 0 aliphatic rings. The van der Waals surface area contributed by atoms with Crippen LogP contribution < -0.4 is 24.8 Å². The summed E-state index contributed by atoms with van der Waals surface area (Å²) in [5.41, 5.74) is -2.91. The molecule has 0 rings (SSSR count). The van der Waals surface area contributed by atoms with Crippen LogP contribution in [-0.2, 0) is 16.5 Å². The molecule has 0 aliphatic heterocycles. The number of hydrogen-bond acceptors (Lipinski definition) is 6. The van der Waals surface area contributed by atoms with Crippen molar-refractivity contribution in [2.24, 2.45) is 10.8 Å². The van der Waals surface area contributed by atoms with E-state index < -0.39 is 10.8 Å². The van der Waals surface area contributed by atoms with Gasteiger partial charge in [0.15, 0.2) is 0 Å². The molecule has 0 heterocycles. The molecular weight excluding hydrogens is 396 g/mol. The van der Waals surface area contributed by atoms with Gasteiger partial charge in [-0.2, -0.15) is 31.6 Å². The second-order valence-electron chi connectivity index (χ2n) is 2.89. The standard InChI is InChI=1S/2C5H4N3P.2ClH.Ni/c2*6-1-5(2-7,3-8)4-9;;;/h2*4,9H2;2*1H;/q;;;;+2/p-2. The number of halogens is 2. The molecule has 21 heavy (non-hydrogen) atoms. The second-order valence-corrected chi connectivity index (χ2v) is 3.71. The third kappa shape index (κ3) is 10.3. The molecule has 2 atom stereocenters. The van der Waals surface area contributed by atoms with Gasteiger partial charge in [-0.25, -0.2) is 0 Å². The minimum Gasteiger partial charge on any atom is -1.00 e. The van der Waals surface area contributed by atoms with E-state index in [0.29, 0.717) is 0 Å². The molecule has 11 heteroatoms. The van der Waals surface area contributed by atoms with Crippen LogP contribution in [0.3, 0.4) is 0 Å². The van der Waals surface area contributed by atoms with Gasteiger partial charge < -0.3 is 24.8 Å². The van der Waals surface area contributed by atoms with Crippen molar-refractivity contribution >= 4 is 18.5 Å². The average Bonchev–Trinajstić information content (AvgIpc) is 2.46. The second kappa shape index (κ2) is 16.9. The van der Waals surface area contributed by atoms with Gasteiger partial charge in [-0.15, -0.1) is 18.5 Å². The molecule has 0 aromatic rings. The molecule has 0 spiro atoms. The fraction of sp³-hybridized carbons (Fsp3) is 0.400. The zero-order valence-corrected chi connectivity index (χ0v) is 15.1. The Balaban J connectivity index is -0.0000000711. The average molecular weight is 404 g/mol. The molecule has 0 fully saturated rings. The monoisotopic (exact) mass is 402 g/mol. The molecule has 0 N–H and O–H groups in total. The van der Waals surface area contributed by atoms with Crippen LogP contribution in [0.2, 0.25) is 0 Å². The summed E-state index contributed by atoms with van der Waals surface area (Å²) in [4.78, 5) is 0. The fourth-order valence-electron chi connectivity index (χ4n) is 0.424. The van der Waals surface area contributed by atoms with Gasteiger partial charge in [-0.1, -0.05) is 0 Å². The Hall–Kier alpha value is -1.13. The van der Waals surface area contributed by atoms with Crippen LogP contribution in [0.5, 0.6) is 0 Å². The summed E-state index contributed by atoms with van der Waals surface area (Å²) in [5.74, 6) is 0. The summed E-state index contributed by atoms with van der Waals surface area (Å²) < 4.78 is 0. The van der Waals surface area contributed by atoms with Crippen molar-refractivity contribution in [1.29, 1.82) is 31.6 Å². The Bertz CT molecular complexity index is 421. The molecule has 0 aromatic heterocycles. The first-order valence-electron chi connectivity index (χ1n) is 4.37. The molecule has 0 radical (unpaired) electrons. The molecule has 6 nitrogen and oxygen atoms in total. The van der Waals surface area contributed by atoms with Gasteiger partial charge in [0.25, 0.3) is 0 Å². The summed E-state index contributed by atoms with van der Waals surface area (Å²) >= 11 is 0. The van der Waals surface area contributed by atoms with Gasteiger partial charge in [0.1, 0.15) is 36.4 Å². The quantitative estimate of drug-likeness (QED) is 0.333. The van der Waals surface area contributed by atoms with Gasteiger partial charge >= 0.3 is 16.5 Å². The van der Waals surface area contributed by atoms with Crippen molar-refractivity contribution in [1.82, 2.24) is 0 Å². The maximum Gasteiger partial charge on any atom is 2.00 e. The molecule has 0 amide bonds. The summed E-state index contributed by atoms with van der Waals surface area (Å²) in [6, 6.07) is 9.73. The maximum absolute atomic E-state index is 8.27. The van der Waals surface area contributed by atoms with E-state index in [1.807, 2.05) is 0 Å². The summed E-state index contributed by atoms with van der Waals surface area (Å²) in [6.45, 7) is 0. The van der Waals surface area contributed by atoms with Crippen LogP contribution in [0, 0.1) is 78.8 Å². The van der Waals surface area contributed by atoms with E-state index in [9.17, 15) is 0 Å². The first kappa shape index (κ1) is 32.0. The summed E-state index contributed by atoms with van der Waals surface area (Å²) in [6.07, 6.45) is 0.354. The minimum absolute atomic E-state index is 0. The predicted molar refractivity (Wildman–Crippen MR) is 67.7 cm³/mol. The molecule has 2 unspecified atom stereocenters. The van der Waals surface area contributed by atoms with Crippen molar-refractivity contribution in [3.05, 3.63) is 0 Å². The van der Waals surface area contributed by atoms with Gasteiger partial charge in [-0.05, 0) is 0 Å². The van der Waals surface area contributed by atoms with E-state index in [2.05, 4.69) is 18.5 Å². The SMILES string of the molecule is N#CC(C#N)(C#N)CP.N#CC(C#N)(C#N)CP.[Cl-].[Cl-].[Ni+2]. The largest absolute Gasteiger partial charge is 2.00 e. The van der Waals surface area contributed by atoms with Gasteiger partial charge in [0.2, 0.25) is 10.8 Å². The minimum atomic E-state index is -1.45. The number of nitriles is 6. The molecule has 0 aromatic carbocycles.